The highest BCUT2D eigenvalue weighted by Gasteiger charge is 2.35. The summed E-state index contributed by atoms with van der Waals surface area (Å²) in [6, 6.07) is 12.0. The van der Waals surface area contributed by atoms with E-state index in [2.05, 4.69) is 10.6 Å². The minimum absolute atomic E-state index is 0.0290. The van der Waals surface area contributed by atoms with Gasteiger partial charge in [-0.1, -0.05) is 18.2 Å². The summed E-state index contributed by atoms with van der Waals surface area (Å²) in [5, 5.41) is 5.64. The van der Waals surface area contributed by atoms with Crippen molar-refractivity contribution in [1.29, 1.82) is 0 Å². The van der Waals surface area contributed by atoms with E-state index >= 15 is 0 Å². The fourth-order valence-electron chi connectivity index (χ4n) is 3.52. The number of amides is 3. The molecule has 1 heterocycles. The van der Waals surface area contributed by atoms with E-state index in [1.165, 1.54) is 14.2 Å². The predicted octanol–water partition coefficient (Wildman–Crippen LogP) is 3.15. The van der Waals surface area contributed by atoms with Gasteiger partial charge in [0.2, 0.25) is 11.8 Å². The minimum Gasteiger partial charge on any atom is -0.494 e. The molecule has 1 aliphatic heterocycles. The van der Waals surface area contributed by atoms with E-state index in [0.717, 1.165) is 0 Å². The molecule has 3 rings (SSSR count). The van der Waals surface area contributed by atoms with Crippen LogP contribution in [0, 0.1) is 5.92 Å². The summed E-state index contributed by atoms with van der Waals surface area (Å²) in [4.78, 5) is 39.1. The monoisotopic (exact) mass is 425 g/mol. The number of likely N-dealkylation sites (tertiary alicyclic amines) is 1. The van der Waals surface area contributed by atoms with Crippen LogP contribution in [0.5, 0.6) is 11.5 Å². The summed E-state index contributed by atoms with van der Waals surface area (Å²) in [5.41, 5.74) is 1.31. The molecule has 31 heavy (non-hydrogen) atoms. The first-order chi connectivity index (χ1) is 14.8. The Morgan fingerprint density at radius 1 is 1.00 bits per heavy atom. The van der Waals surface area contributed by atoms with Crippen molar-refractivity contribution >= 4 is 29.1 Å². The molecule has 0 radical (unpaired) electrons. The zero-order chi connectivity index (χ0) is 22.5. The van der Waals surface area contributed by atoms with Gasteiger partial charge in [0.1, 0.15) is 11.5 Å². The summed E-state index contributed by atoms with van der Waals surface area (Å²) >= 11 is 0. The van der Waals surface area contributed by atoms with Crippen molar-refractivity contribution in [2.24, 2.45) is 5.92 Å². The number of ether oxygens (including phenoxy) is 2. The van der Waals surface area contributed by atoms with Crippen LogP contribution in [0.25, 0.3) is 0 Å². The van der Waals surface area contributed by atoms with Crippen LogP contribution < -0.4 is 20.1 Å². The summed E-state index contributed by atoms with van der Waals surface area (Å²) in [5.74, 6) is -0.301. The zero-order valence-corrected chi connectivity index (χ0v) is 18.1. The van der Waals surface area contributed by atoms with Crippen molar-refractivity contribution in [2.75, 3.05) is 31.4 Å². The summed E-state index contributed by atoms with van der Waals surface area (Å²) < 4.78 is 10.8. The molecule has 1 saturated heterocycles. The minimum atomic E-state index is -0.442. The maximum atomic E-state index is 12.8. The average molecular weight is 425 g/mol. The molecule has 164 valence electrons. The number of hydrogen-bond acceptors (Lipinski definition) is 5. The van der Waals surface area contributed by atoms with Crippen LogP contribution in [0.3, 0.4) is 0 Å². The van der Waals surface area contributed by atoms with Gasteiger partial charge in [0.25, 0.3) is 5.91 Å². The average Bonchev–Trinajstić information content (AvgIpc) is 3.17. The molecule has 1 atom stereocenters. The Kier molecular flexibility index (Phi) is 6.79. The van der Waals surface area contributed by atoms with Crippen molar-refractivity contribution in [2.45, 2.75) is 26.3 Å². The van der Waals surface area contributed by atoms with Gasteiger partial charge in [-0.2, -0.15) is 0 Å². The van der Waals surface area contributed by atoms with Crippen molar-refractivity contribution in [3.63, 3.8) is 0 Å². The molecular formula is C23H27N3O5. The predicted molar refractivity (Wildman–Crippen MR) is 118 cm³/mol. The SMILES string of the molecule is COc1cc(NC(=O)C2CC(=O)N(C(C)C)C2)c(OC)cc1NC(=O)c1ccccc1. The number of rotatable bonds is 7. The van der Waals surface area contributed by atoms with Gasteiger partial charge in [-0.25, -0.2) is 0 Å². The fourth-order valence-corrected chi connectivity index (χ4v) is 3.52. The van der Waals surface area contributed by atoms with Crippen LogP contribution in [0.4, 0.5) is 11.4 Å². The van der Waals surface area contributed by atoms with E-state index in [4.69, 9.17) is 9.47 Å². The van der Waals surface area contributed by atoms with Gasteiger partial charge in [0, 0.05) is 36.7 Å². The third kappa shape index (κ3) is 4.96. The summed E-state index contributed by atoms with van der Waals surface area (Å²) in [7, 11) is 2.95. The molecule has 2 aromatic rings. The molecule has 0 spiro atoms. The molecule has 3 amide bonds. The first-order valence-electron chi connectivity index (χ1n) is 10.1. The Morgan fingerprint density at radius 2 is 1.58 bits per heavy atom. The van der Waals surface area contributed by atoms with Crippen molar-refractivity contribution in [3.8, 4) is 11.5 Å². The van der Waals surface area contributed by atoms with Crippen LogP contribution >= 0.6 is 0 Å². The number of methoxy groups -OCH3 is 2. The molecule has 0 bridgehead atoms. The van der Waals surface area contributed by atoms with Crippen molar-refractivity contribution in [1.82, 2.24) is 4.90 Å². The van der Waals surface area contributed by atoms with E-state index in [9.17, 15) is 14.4 Å². The van der Waals surface area contributed by atoms with Crippen LogP contribution in [-0.4, -0.2) is 49.4 Å². The van der Waals surface area contributed by atoms with E-state index in [-0.39, 0.29) is 30.2 Å². The third-order valence-electron chi connectivity index (χ3n) is 5.22. The molecule has 0 saturated carbocycles. The Labute approximate surface area is 181 Å². The van der Waals surface area contributed by atoms with Crippen LogP contribution in [-0.2, 0) is 9.59 Å². The highest BCUT2D eigenvalue weighted by molar-refractivity contribution is 6.06. The number of nitrogens with one attached hydrogen (secondary N) is 2. The molecule has 1 aliphatic rings. The highest BCUT2D eigenvalue weighted by Crippen LogP contribution is 2.37. The molecule has 1 fully saturated rings. The number of carbonyl (C=O) groups is 3. The van der Waals surface area contributed by atoms with E-state index in [1.807, 2.05) is 19.9 Å². The Balaban J connectivity index is 1.79. The topological polar surface area (TPSA) is 97.0 Å². The molecule has 2 N–H and O–H groups in total. The van der Waals surface area contributed by atoms with Gasteiger partial charge in [-0.05, 0) is 26.0 Å². The Morgan fingerprint density at radius 3 is 2.10 bits per heavy atom. The zero-order valence-electron chi connectivity index (χ0n) is 18.1. The second-order valence-corrected chi connectivity index (χ2v) is 7.60. The molecule has 2 aromatic carbocycles. The first kappa shape index (κ1) is 22.1. The largest absolute Gasteiger partial charge is 0.494 e. The van der Waals surface area contributed by atoms with Gasteiger partial charge in [-0.3, -0.25) is 14.4 Å². The van der Waals surface area contributed by atoms with E-state index < -0.39 is 5.92 Å². The van der Waals surface area contributed by atoms with Gasteiger partial charge in [0.05, 0.1) is 31.5 Å². The Hall–Kier alpha value is -3.55. The molecule has 1 unspecified atom stereocenters. The smallest absolute Gasteiger partial charge is 0.255 e. The van der Waals surface area contributed by atoms with Crippen molar-refractivity contribution in [3.05, 3.63) is 48.0 Å². The molecule has 0 aliphatic carbocycles. The second kappa shape index (κ2) is 9.51. The lowest BCUT2D eigenvalue weighted by molar-refractivity contribution is -0.129. The standard InChI is InChI=1S/C23H27N3O5/c1-14(2)26-13-16(10-21(26)27)23(29)25-18-12-19(30-3)17(11-20(18)31-4)24-22(28)15-8-6-5-7-9-15/h5-9,11-12,14,16H,10,13H2,1-4H3,(H,24,28)(H,25,29). The van der Waals surface area contributed by atoms with Crippen LogP contribution in [0.2, 0.25) is 0 Å². The highest BCUT2D eigenvalue weighted by atomic mass is 16.5. The molecule has 0 aromatic heterocycles. The number of benzene rings is 2. The maximum Gasteiger partial charge on any atom is 0.255 e. The van der Waals surface area contributed by atoms with Gasteiger partial charge in [0.15, 0.2) is 0 Å². The Bertz CT molecular complexity index is 975. The summed E-state index contributed by atoms with van der Waals surface area (Å²) in [6.07, 6.45) is 0.175. The molecule has 8 heteroatoms. The maximum absolute atomic E-state index is 12.8. The van der Waals surface area contributed by atoms with E-state index in [0.29, 0.717) is 35.0 Å². The van der Waals surface area contributed by atoms with Crippen LogP contribution in [0.15, 0.2) is 42.5 Å². The number of nitrogens with zero attached hydrogens (tertiary/aromatic N) is 1. The van der Waals surface area contributed by atoms with Gasteiger partial charge >= 0.3 is 0 Å². The lowest BCUT2D eigenvalue weighted by Gasteiger charge is -2.21. The second-order valence-electron chi connectivity index (χ2n) is 7.60. The van der Waals surface area contributed by atoms with Gasteiger partial charge < -0.3 is 25.0 Å². The van der Waals surface area contributed by atoms with Gasteiger partial charge in [-0.15, -0.1) is 0 Å². The fraction of sp³-hybridized carbons (Fsp3) is 0.348. The molecule has 8 nitrogen and oxygen atoms in total. The summed E-state index contributed by atoms with van der Waals surface area (Å²) in [6.45, 7) is 4.23. The van der Waals surface area contributed by atoms with E-state index in [1.54, 1.807) is 41.3 Å². The number of carbonyl (C=O) groups excluding carboxylic acids is 3. The third-order valence-corrected chi connectivity index (χ3v) is 5.22. The lowest BCUT2D eigenvalue weighted by Crippen LogP contribution is -2.33. The number of anilines is 2. The van der Waals surface area contributed by atoms with Crippen LogP contribution in [0.1, 0.15) is 30.6 Å². The first-order valence-corrected chi connectivity index (χ1v) is 10.1. The number of hydrogen-bond donors (Lipinski definition) is 2. The normalized spacial score (nSPS) is 15.7. The lowest BCUT2D eigenvalue weighted by atomic mass is 10.1. The quantitative estimate of drug-likeness (QED) is 0.710. The van der Waals surface area contributed by atoms with Crippen molar-refractivity contribution < 1.29 is 23.9 Å². The molecular weight excluding hydrogens is 398 g/mol.